The monoisotopic (exact) mass is 344 g/mol. The van der Waals surface area contributed by atoms with E-state index in [0.29, 0.717) is 25.3 Å². The first-order chi connectivity index (χ1) is 12.8. The molecule has 0 bridgehead atoms. The van der Waals surface area contributed by atoms with Gasteiger partial charge in [-0.05, 0) is 58.5 Å². The molecule has 4 rings (SSSR count). The third-order valence-corrected chi connectivity index (χ3v) is 4.65. The van der Waals surface area contributed by atoms with Crippen molar-refractivity contribution in [1.82, 2.24) is 10.3 Å². The van der Waals surface area contributed by atoms with Gasteiger partial charge in [-0.2, -0.15) is 0 Å². The predicted molar refractivity (Wildman–Crippen MR) is 101 cm³/mol. The number of carbonyl (C=O) groups excluding carboxylic acids is 1. The van der Waals surface area contributed by atoms with Crippen molar-refractivity contribution < 1.29 is 9.53 Å². The lowest BCUT2D eigenvalue weighted by molar-refractivity contribution is 0.0954. The average Bonchev–Trinajstić information content (AvgIpc) is 3.16. The van der Waals surface area contributed by atoms with Crippen LogP contribution in [-0.4, -0.2) is 17.4 Å². The van der Waals surface area contributed by atoms with Crippen molar-refractivity contribution in [3.05, 3.63) is 89.2 Å². The molecule has 1 aliphatic rings. The fourth-order valence-corrected chi connectivity index (χ4v) is 3.16. The van der Waals surface area contributed by atoms with E-state index >= 15 is 0 Å². The van der Waals surface area contributed by atoms with Crippen molar-refractivity contribution in [2.24, 2.45) is 0 Å². The van der Waals surface area contributed by atoms with Gasteiger partial charge in [0, 0.05) is 24.5 Å². The number of hydrogen-bond donors (Lipinski definition) is 1. The zero-order valence-electron chi connectivity index (χ0n) is 14.4. The second-order valence-electron chi connectivity index (χ2n) is 6.42. The number of nitrogens with zero attached hydrogens (tertiary/aromatic N) is 1. The highest BCUT2D eigenvalue weighted by Gasteiger charge is 2.11. The Kier molecular flexibility index (Phi) is 4.75. The minimum absolute atomic E-state index is 0.0456. The maximum atomic E-state index is 12.3. The Labute approximate surface area is 152 Å². The average molecular weight is 344 g/mol. The van der Waals surface area contributed by atoms with Gasteiger partial charge < -0.3 is 10.1 Å². The van der Waals surface area contributed by atoms with Gasteiger partial charge in [0.15, 0.2) is 0 Å². The Hall–Kier alpha value is -2.98. The molecule has 0 spiro atoms. The molecule has 0 saturated heterocycles. The van der Waals surface area contributed by atoms with Crippen LogP contribution < -0.4 is 5.32 Å². The molecule has 1 amide bonds. The molecule has 26 heavy (non-hydrogen) atoms. The van der Waals surface area contributed by atoms with Crippen molar-refractivity contribution in [2.75, 3.05) is 6.54 Å². The maximum Gasteiger partial charge on any atom is 0.251 e. The number of rotatable bonds is 5. The Morgan fingerprint density at radius 1 is 0.923 bits per heavy atom. The summed E-state index contributed by atoms with van der Waals surface area (Å²) in [5.74, 6) is -0.0456. The summed E-state index contributed by atoms with van der Waals surface area (Å²) < 4.78 is 5.44. The van der Waals surface area contributed by atoms with Gasteiger partial charge in [-0.3, -0.25) is 9.78 Å². The molecule has 1 aliphatic heterocycles. The highest BCUT2D eigenvalue weighted by Crippen LogP contribution is 2.21. The minimum atomic E-state index is -0.0456. The first-order valence-corrected chi connectivity index (χ1v) is 8.77. The molecular weight excluding hydrogens is 324 g/mol. The minimum Gasteiger partial charge on any atom is -0.372 e. The van der Waals surface area contributed by atoms with E-state index in [4.69, 9.17) is 4.74 Å². The van der Waals surface area contributed by atoms with Gasteiger partial charge in [0.1, 0.15) is 0 Å². The van der Waals surface area contributed by atoms with Crippen molar-refractivity contribution in [2.45, 2.75) is 19.6 Å². The summed E-state index contributed by atoms with van der Waals surface area (Å²) in [4.78, 5) is 16.4. The number of benzene rings is 2. The van der Waals surface area contributed by atoms with Crippen LogP contribution in [0, 0.1) is 0 Å². The molecular formula is C22H20N2O2. The number of fused-ring (bicyclic) bond motifs is 1. The molecule has 0 atom stereocenters. The Bertz CT molecular complexity index is 905. The lowest BCUT2D eigenvalue weighted by Crippen LogP contribution is -2.25. The largest absolute Gasteiger partial charge is 0.372 e. The molecule has 4 heteroatoms. The molecule has 4 nitrogen and oxygen atoms in total. The van der Waals surface area contributed by atoms with Crippen molar-refractivity contribution in [3.63, 3.8) is 0 Å². The summed E-state index contributed by atoms with van der Waals surface area (Å²) in [5, 5.41) is 2.99. The second kappa shape index (κ2) is 7.50. The summed E-state index contributed by atoms with van der Waals surface area (Å²) in [6, 6.07) is 18.0. The van der Waals surface area contributed by atoms with E-state index < -0.39 is 0 Å². The van der Waals surface area contributed by atoms with Crippen LogP contribution in [0.2, 0.25) is 0 Å². The van der Waals surface area contributed by atoms with Crippen molar-refractivity contribution in [1.29, 1.82) is 0 Å². The molecule has 0 fully saturated rings. The number of pyridine rings is 1. The summed E-state index contributed by atoms with van der Waals surface area (Å²) in [7, 11) is 0. The van der Waals surface area contributed by atoms with E-state index in [0.717, 1.165) is 17.5 Å². The number of hydrogen-bond acceptors (Lipinski definition) is 3. The van der Waals surface area contributed by atoms with Gasteiger partial charge in [-0.1, -0.05) is 30.3 Å². The molecule has 0 aliphatic carbocycles. The smallest absolute Gasteiger partial charge is 0.251 e. The normalized spacial score (nSPS) is 12.6. The van der Waals surface area contributed by atoms with Gasteiger partial charge >= 0.3 is 0 Å². The van der Waals surface area contributed by atoms with Crippen LogP contribution in [0.4, 0.5) is 0 Å². The molecule has 2 aromatic carbocycles. The standard InChI is InChI=1S/C22H20N2O2/c25-22(19-5-3-17(4-6-19)18-8-10-23-11-9-18)24-12-7-16-1-2-20-14-26-15-21(20)13-16/h1-6,8-11,13H,7,12,14-15H2,(H,24,25). The number of aromatic nitrogens is 1. The van der Waals surface area contributed by atoms with E-state index in [2.05, 4.69) is 28.5 Å². The van der Waals surface area contributed by atoms with E-state index in [1.807, 2.05) is 36.4 Å². The molecule has 0 unspecified atom stereocenters. The van der Waals surface area contributed by atoms with E-state index in [1.54, 1.807) is 12.4 Å². The first kappa shape index (κ1) is 16.5. The van der Waals surface area contributed by atoms with Crippen LogP contribution in [0.5, 0.6) is 0 Å². The molecule has 1 aromatic heterocycles. The summed E-state index contributed by atoms with van der Waals surface area (Å²) in [6.45, 7) is 2.02. The number of ether oxygens (including phenoxy) is 1. The molecule has 130 valence electrons. The van der Waals surface area contributed by atoms with Crippen molar-refractivity contribution >= 4 is 5.91 Å². The quantitative estimate of drug-likeness (QED) is 0.767. The van der Waals surface area contributed by atoms with Gasteiger partial charge in [0.2, 0.25) is 0 Å². The van der Waals surface area contributed by atoms with Crippen LogP contribution in [0.15, 0.2) is 67.0 Å². The molecule has 3 aromatic rings. The molecule has 1 N–H and O–H groups in total. The maximum absolute atomic E-state index is 12.3. The second-order valence-corrected chi connectivity index (χ2v) is 6.42. The van der Waals surface area contributed by atoms with Gasteiger partial charge in [0.25, 0.3) is 5.91 Å². The Morgan fingerprint density at radius 2 is 1.65 bits per heavy atom. The number of amides is 1. The van der Waals surface area contributed by atoms with E-state index in [1.165, 1.54) is 16.7 Å². The highest BCUT2D eigenvalue weighted by atomic mass is 16.5. The summed E-state index contributed by atoms with van der Waals surface area (Å²) >= 11 is 0. The van der Waals surface area contributed by atoms with Gasteiger partial charge in [-0.25, -0.2) is 0 Å². The van der Waals surface area contributed by atoms with Crippen LogP contribution >= 0.6 is 0 Å². The fourth-order valence-electron chi connectivity index (χ4n) is 3.16. The third-order valence-electron chi connectivity index (χ3n) is 4.65. The number of nitrogens with one attached hydrogen (secondary N) is 1. The Morgan fingerprint density at radius 3 is 2.46 bits per heavy atom. The highest BCUT2D eigenvalue weighted by molar-refractivity contribution is 5.94. The lowest BCUT2D eigenvalue weighted by Gasteiger charge is -2.08. The molecule has 0 radical (unpaired) electrons. The first-order valence-electron chi connectivity index (χ1n) is 8.77. The predicted octanol–water partition coefficient (Wildman–Crippen LogP) is 3.75. The van der Waals surface area contributed by atoms with Gasteiger partial charge in [-0.15, -0.1) is 0 Å². The van der Waals surface area contributed by atoms with E-state index in [-0.39, 0.29) is 5.91 Å². The lowest BCUT2D eigenvalue weighted by atomic mass is 10.0. The zero-order valence-corrected chi connectivity index (χ0v) is 14.4. The summed E-state index contributed by atoms with van der Waals surface area (Å²) in [5.41, 5.74) is 6.59. The topological polar surface area (TPSA) is 51.2 Å². The fraction of sp³-hybridized carbons (Fsp3) is 0.182. The number of carbonyl (C=O) groups is 1. The zero-order chi connectivity index (χ0) is 17.8. The molecule has 0 saturated carbocycles. The van der Waals surface area contributed by atoms with Gasteiger partial charge in [0.05, 0.1) is 13.2 Å². The summed E-state index contributed by atoms with van der Waals surface area (Å²) in [6.07, 6.45) is 4.34. The van der Waals surface area contributed by atoms with Crippen LogP contribution in [-0.2, 0) is 24.4 Å². The Balaban J connectivity index is 1.33. The van der Waals surface area contributed by atoms with Crippen LogP contribution in [0.25, 0.3) is 11.1 Å². The SMILES string of the molecule is O=C(NCCc1ccc2c(c1)COC2)c1ccc(-c2ccncc2)cc1. The van der Waals surface area contributed by atoms with E-state index in [9.17, 15) is 4.79 Å². The molecule has 2 heterocycles. The van der Waals surface area contributed by atoms with Crippen LogP contribution in [0.1, 0.15) is 27.0 Å². The third kappa shape index (κ3) is 3.65. The van der Waals surface area contributed by atoms with Crippen molar-refractivity contribution in [3.8, 4) is 11.1 Å². The van der Waals surface area contributed by atoms with Crippen LogP contribution in [0.3, 0.4) is 0 Å².